The molecule has 4 heteroatoms. The quantitative estimate of drug-likeness (QED) is 0.679. The molecule has 0 spiro atoms. The van der Waals surface area contributed by atoms with Crippen molar-refractivity contribution >= 4 is 28.3 Å². The van der Waals surface area contributed by atoms with Crippen LogP contribution in [0.5, 0.6) is 5.75 Å². The van der Waals surface area contributed by atoms with Gasteiger partial charge in [0, 0.05) is 10.8 Å². The molecule has 2 amide bonds. The van der Waals surface area contributed by atoms with Gasteiger partial charge in [0.2, 0.25) is 0 Å². The van der Waals surface area contributed by atoms with E-state index in [1.807, 2.05) is 30.3 Å². The van der Waals surface area contributed by atoms with Crippen molar-refractivity contribution in [2.45, 2.75) is 0 Å². The van der Waals surface area contributed by atoms with Crippen LogP contribution in [-0.2, 0) is 0 Å². The number of hydrogen-bond donors (Lipinski definition) is 0. The highest BCUT2D eigenvalue weighted by Crippen LogP contribution is 2.36. The molecule has 0 radical (unpaired) electrons. The van der Waals surface area contributed by atoms with Crippen LogP contribution in [0.2, 0.25) is 0 Å². The summed E-state index contributed by atoms with van der Waals surface area (Å²) in [6.07, 6.45) is 0. The third-order valence-corrected chi connectivity index (χ3v) is 4.11. The van der Waals surface area contributed by atoms with Crippen LogP contribution in [0.25, 0.3) is 10.8 Å². The van der Waals surface area contributed by atoms with Crippen LogP contribution in [0, 0.1) is 0 Å². The summed E-state index contributed by atoms with van der Waals surface area (Å²) in [5.74, 6) is 0.128. The third-order valence-electron chi connectivity index (χ3n) is 4.11. The largest absolute Gasteiger partial charge is 0.496 e. The van der Waals surface area contributed by atoms with Gasteiger partial charge in [0.25, 0.3) is 11.8 Å². The summed E-state index contributed by atoms with van der Waals surface area (Å²) < 4.78 is 5.37. The van der Waals surface area contributed by atoms with E-state index in [2.05, 4.69) is 0 Å². The average Bonchev–Trinajstić information content (AvgIpc) is 2.85. The Bertz CT molecular complexity index is 927. The minimum Gasteiger partial charge on any atom is -0.496 e. The monoisotopic (exact) mass is 303 g/mol. The van der Waals surface area contributed by atoms with Gasteiger partial charge in [-0.3, -0.25) is 9.59 Å². The van der Waals surface area contributed by atoms with E-state index in [4.69, 9.17) is 4.74 Å². The molecule has 1 heterocycles. The van der Waals surface area contributed by atoms with Gasteiger partial charge in [-0.2, -0.15) is 0 Å². The van der Waals surface area contributed by atoms with Crippen molar-refractivity contribution in [2.75, 3.05) is 12.0 Å². The number of methoxy groups -OCH3 is 1. The van der Waals surface area contributed by atoms with Crippen LogP contribution < -0.4 is 9.64 Å². The Morgan fingerprint density at radius 2 is 1.35 bits per heavy atom. The maximum Gasteiger partial charge on any atom is 0.266 e. The highest BCUT2D eigenvalue weighted by molar-refractivity contribution is 6.36. The van der Waals surface area contributed by atoms with Gasteiger partial charge in [-0.05, 0) is 24.3 Å². The Balaban J connectivity index is 1.95. The Hall–Kier alpha value is -3.14. The van der Waals surface area contributed by atoms with Gasteiger partial charge < -0.3 is 4.74 Å². The highest BCUT2D eigenvalue weighted by atomic mass is 16.5. The fourth-order valence-corrected chi connectivity index (χ4v) is 3.05. The molecule has 0 bridgehead atoms. The molecule has 4 rings (SSSR count). The first-order chi connectivity index (χ1) is 11.2. The Labute approximate surface area is 132 Å². The molecule has 0 fully saturated rings. The Morgan fingerprint density at radius 3 is 2.00 bits per heavy atom. The van der Waals surface area contributed by atoms with Crippen LogP contribution in [-0.4, -0.2) is 18.9 Å². The number of anilines is 1. The van der Waals surface area contributed by atoms with Gasteiger partial charge >= 0.3 is 0 Å². The molecule has 3 aromatic carbocycles. The van der Waals surface area contributed by atoms with Crippen molar-refractivity contribution in [1.82, 2.24) is 0 Å². The lowest BCUT2D eigenvalue weighted by molar-refractivity contribution is 0.0926. The SMILES string of the molecule is COc1cccc2c(N3C(=O)c4ccccc4C3=O)cccc12. The molecule has 3 aromatic rings. The smallest absolute Gasteiger partial charge is 0.266 e. The van der Waals surface area contributed by atoms with Crippen LogP contribution in [0.3, 0.4) is 0 Å². The molecule has 1 aliphatic rings. The predicted molar refractivity (Wildman–Crippen MR) is 88.1 cm³/mol. The molecule has 112 valence electrons. The second kappa shape index (κ2) is 4.95. The van der Waals surface area contributed by atoms with E-state index in [1.54, 1.807) is 37.4 Å². The zero-order chi connectivity index (χ0) is 16.0. The number of carbonyl (C=O) groups is 2. The Morgan fingerprint density at radius 1 is 0.739 bits per heavy atom. The minimum atomic E-state index is -0.291. The van der Waals surface area contributed by atoms with Crippen molar-refractivity contribution in [2.24, 2.45) is 0 Å². The van der Waals surface area contributed by atoms with Gasteiger partial charge in [0.1, 0.15) is 5.75 Å². The van der Waals surface area contributed by atoms with E-state index in [-0.39, 0.29) is 11.8 Å². The molecule has 0 aliphatic carbocycles. The first-order valence-electron chi connectivity index (χ1n) is 7.26. The normalized spacial score (nSPS) is 13.5. The molecule has 0 unspecified atom stereocenters. The predicted octanol–water partition coefficient (Wildman–Crippen LogP) is 3.65. The molecule has 0 atom stereocenters. The summed E-state index contributed by atoms with van der Waals surface area (Å²) >= 11 is 0. The topological polar surface area (TPSA) is 46.6 Å². The molecular formula is C19H13NO3. The first kappa shape index (κ1) is 13.5. The molecule has 4 nitrogen and oxygen atoms in total. The molecule has 1 aliphatic heterocycles. The summed E-state index contributed by atoms with van der Waals surface area (Å²) in [5, 5.41) is 1.67. The van der Waals surface area contributed by atoms with Gasteiger partial charge in [-0.25, -0.2) is 4.90 Å². The minimum absolute atomic E-state index is 0.291. The van der Waals surface area contributed by atoms with Gasteiger partial charge in [0.15, 0.2) is 0 Å². The molecule has 23 heavy (non-hydrogen) atoms. The standard InChI is InChI=1S/C19H13NO3/c1-23-17-11-5-8-12-13(17)9-4-10-16(12)20-18(21)14-6-2-3-7-15(14)19(20)22/h2-11H,1H3. The van der Waals surface area contributed by atoms with E-state index in [1.165, 1.54) is 4.90 Å². The first-order valence-corrected chi connectivity index (χ1v) is 7.26. The zero-order valence-corrected chi connectivity index (χ0v) is 12.4. The van der Waals surface area contributed by atoms with E-state index >= 15 is 0 Å². The van der Waals surface area contributed by atoms with E-state index in [0.29, 0.717) is 22.6 Å². The van der Waals surface area contributed by atoms with Crippen molar-refractivity contribution in [3.8, 4) is 5.75 Å². The van der Waals surface area contributed by atoms with Crippen molar-refractivity contribution in [1.29, 1.82) is 0 Å². The molecule has 0 saturated heterocycles. The number of nitrogens with zero attached hydrogens (tertiary/aromatic N) is 1. The summed E-state index contributed by atoms with van der Waals surface area (Å²) in [6.45, 7) is 0. The summed E-state index contributed by atoms with van der Waals surface area (Å²) in [6, 6.07) is 18.0. The molecular weight excluding hydrogens is 290 g/mol. The number of amides is 2. The fraction of sp³-hybridized carbons (Fsp3) is 0.0526. The van der Waals surface area contributed by atoms with E-state index in [0.717, 1.165) is 10.8 Å². The number of carbonyl (C=O) groups excluding carboxylic acids is 2. The highest BCUT2D eigenvalue weighted by Gasteiger charge is 2.36. The second-order valence-electron chi connectivity index (χ2n) is 5.32. The maximum atomic E-state index is 12.7. The molecule has 0 saturated carbocycles. The van der Waals surface area contributed by atoms with Gasteiger partial charge in [0.05, 0.1) is 23.9 Å². The lowest BCUT2D eigenvalue weighted by atomic mass is 10.1. The van der Waals surface area contributed by atoms with Crippen LogP contribution in [0.1, 0.15) is 20.7 Å². The second-order valence-corrected chi connectivity index (χ2v) is 5.32. The van der Waals surface area contributed by atoms with Crippen molar-refractivity contribution in [3.05, 3.63) is 71.8 Å². The van der Waals surface area contributed by atoms with Crippen LogP contribution >= 0.6 is 0 Å². The number of fused-ring (bicyclic) bond motifs is 2. The fourth-order valence-electron chi connectivity index (χ4n) is 3.05. The number of rotatable bonds is 2. The van der Waals surface area contributed by atoms with E-state index in [9.17, 15) is 9.59 Å². The lowest BCUT2D eigenvalue weighted by Gasteiger charge is -2.17. The van der Waals surface area contributed by atoms with Crippen LogP contribution in [0.4, 0.5) is 5.69 Å². The zero-order valence-electron chi connectivity index (χ0n) is 12.4. The van der Waals surface area contributed by atoms with Crippen molar-refractivity contribution < 1.29 is 14.3 Å². The maximum absolute atomic E-state index is 12.7. The molecule has 0 aromatic heterocycles. The van der Waals surface area contributed by atoms with Gasteiger partial charge in [-0.15, -0.1) is 0 Å². The summed E-state index contributed by atoms with van der Waals surface area (Å²) in [4.78, 5) is 26.6. The Kier molecular flexibility index (Phi) is 2.91. The molecule has 0 N–H and O–H groups in total. The van der Waals surface area contributed by atoms with Gasteiger partial charge in [-0.1, -0.05) is 36.4 Å². The third kappa shape index (κ3) is 1.85. The summed E-state index contributed by atoms with van der Waals surface area (Å²) in [7, 11) is 1.60. The number of benzene rings is 3. The average molecular weight is 303 g/mol. The number of ether oxygens (including phenoxy) is 1. The van der Waals surface area contributed by atoms with Crippen LogP contribution in [0.15, 0.2) is 60.7 Å². The summed E-state index contributed by atoms with van der Waals surface area (Å²) in [5.41, 5.74) is 1.46. The number of hydrogen-bond acceptors (Lipinski definition) is 3. The number of imide groups is 1. The lowest BCUT2D eigenvalue weighted by Crippen LogP contribution is -2.29. The van der Waals surface area contributed by atoms with E-state index < -0.39 is 0 Å². The van der Waals surface area contributed by atoms with Crippen molar-refractivity contribution in [3.63, 3.8) is 0 Å².